The molecular formula is C21H28Cl2IN3O3. The van der Waals surface area contributed by atoms with Crippen LogP contribution in [-0.2, 0) is 22.5 Å². The molecule has 2 aromatic rings. The third-order valence-corrected chi connectivity index (χ3v) is 5.17. The molecule has 0 saturated carbocycles. The van der Waals surface area contributed by atoms with Crippen molar-refractivity contribution in [2.45, 2.75) is 19.4 Å². The summed E-state index contributed by atoms with van der Waals surface area (Å²) in [7, 11) is 0. The Labute approximate surface area is 204 Å². The molecule has 2 heterocycles. The van der Waals surface area contributed by atoms with Gasteiger partial charge in [0.05, 0.1) is 26.1 Å². The van der Waals surface area contributed by atoms with E-state index in [-0.39, 0.29) is 24.0 Å². The van der Waals surface area contributed by atoms with Crippen LogP contribution < -0.4 is 10.6 Å². The van der Waals surface area contributed by atoms with E-state index in [1.54, 1.807) is 12.3 Å². The first-order valence-corrected chi connectivity index (χ1v) is 10.6. The van der Waals surface area contributed by atoms with Crippen LogP contribution in [0.4, 0.5) is 0 Å². The highest BCUT2D eigenvalue weighted by atomic mass is 127. The monoisotopic (exact) mass is 567 g/mol. The third-order valence-electron chi connectivity index (χ3n) is 4.59. The molecule has 30 heavy (non-hydrogen) atoms. The van der Waals surface area contributed by atoms with Crippen molar-refractivity contribution in [2.75, 3.05) is 39.5 Å². The van der Waals surface area contributed by atoms with Gasteiger partial charge in [-0.1, -0.05) is 29.3 Å². The van der Waals surface area contributed by atoms with Crippen LogP contribution in [0.5, 0.6) is 0 Å². The minimum absolute atomic E-state index is 0. The smallest absolute Gasteiger partial charge is 0.191 e. The van der Waals surface area contributed by atoms with Crippen LogP contribution in [0.2, 0.25) is 10.0 Å². The first-order valence-electron chi connectivity index (χ1n) is 9.84. The Balaban J connectivity index is 0.00000320. The minimum Gasteiger partial charge on any atom is -0.469 e. The summed E-state index contributed by atoms with van der Waals surface area (Å²) in [5, 5.41) is 7.91. The summed E-state index contributed by atoms with van der Waals surface area (Å²) in [4.78, 5) is 4.70. The topological polar surface area (TPSA) is 68.0 Å². The Kier molecular flexibility index (Phi) is 11.9. The quantitative estimate of drug-likeness (QED) is 0.191. The van der Waals surface area contributed by atoms with Crippen molar-refractivity contribution >= 4 is 53.1 Å². The summed E-state index contributed by atoms with van der Waals surface area (Å²) in [6.45, 7) is 4.71. The van der Waals surface area contributed by atoms with Crippen LogP contribution in [0.3, 0.4) is 0 Å². The van der Waals surface area contributed by atoms with E-state index in [0.29, 0.717) is 35.7 Å². The molecule has 3 rings (SSSR count). The van der Waals surface area contributed by atoms with Gasteiger partial charge >= 0.3 is 0 Å². The fourth-order valence-electron chi connectivity index (χ4n) is 2.94. The maximum Gasteiger partial charge on any atom is 0.191 e. The number of hydrogen-bond donors (Lipinski definition) is 2. The molecule has 6 nitrogen and oxygen atoms in total. The number of aliphatic imine (C=N–C) groups is 1. The Morgan fingerprint density at radius 1 is 1.20 bits per heavy atom. The van der Waals surface area contributed by atoms with Gasteiger partial charge in [-0.05, 0) is 36.2 Å². The normalized spacial score (nSPS) is 16.3. The van der Waals surface area contributed by atoms with Gasteiger partial charge in [-0.2, -0.15) is 0 Å². The molecule has 1 fully saturated rings. The van der Waals surface area contributed by atoms with E-state index < -0.39 is 0 Å². The number of hydrogen-bond acceptors (Lipinski definition) is 4. The standard InChI is InChI=1S/C21H27Cl2N3O3.HI/c22-18-4-3-17(20(23)12-18)15-28-11-8-25-21(26-13-16-6-10-27-14-16)24-7-5-19-2-1-9-29-19;/h1-4,9,12,16H,5-8,10-11,13-15H2,(H2,24,25,26);1H. The predicted molar refractivity (Wildman–Crippen MR) is 131 cm³/mol. The minimum atomic E-state index is 0. The van der Waals surface area contributed by atoms with Gasteiger partial charge in [-0.25, -0.2) is 0 Å². The average molecular weight is 568 g/mol. The van der Waals surface area contributed by atoms with Crippen molar-refractivity contribution in [3.63, 3.8) is 0 Å². The molecule has 0 amide bonds. The summed E-state index contributed by atoms with van der Waals surface area (Å²) < 4.78 is 16.5. The lowest BCUT2D eigenvalue weighted by Crippen LogP contribution is -2.40. The van der Waals surface area contributed by atoms with Crippen molar-refractivity contribution in [2.24, 2.45) is 10.9 Å². The van der Waals surface area contributed by atoms with Crippen molar-refractivity contribution in [3.8, 4) is 0 Å². The lowest BCUT2D eigenvalue weighted by atomic mass is 10.1. The van der Waals surface area contributed by atoms with Gasteiger partial charge in [0.25, 0.3) is 0 Å². The second-order valence-corrected chi connectivity index (χ2v) is 7.73. The molecule has 1 aliphatic rings. The van der Waals surface area contributed by atoms with Crippen LogP contribution in [0.15, 0.2) is 46.0 Å². The SMILES string of the molecule is Clc1ccc(COCCNC(=NCC2CCOC2)NCCc2ccco2)c(Cl)c1.I. The summed E-state index contributed by atoms with van der Waals surface area (Å²) in [5.74, 6) is 2.21. The first kappa shape index (κ1) is 25.3. The van der Waals surface area contributed by atoms with E-state index in [1.165, 1.54) is 0 Å². The molecule has 0 spiro atoms. The molecule has 1 aromatic heterocycles. The molecule has 1 atom stereocenters. The number of nitrogens with one attached hydrogen (secondary N) is 2. The molecule has 2 N–H and O–H groups in total. The van der Waals surface area contributed by atoms with E-state index in [2.05, 4.69) is 10.6 Å². The summed E-state index contributed by atoms with van der Waals surface area (Å²) in [6.07, 6.45) is 3.55. The fourth-order valence-corrected chi connectivity index (χ4v) is 3.41. The molecule has 1 saturated heterocycles. The van der Waals surface area contributed by atoms with Gasteiger partial charge in [-0.3, -0.25) is 4.99 Å². The molecule has 0 aliphatic carbocycles. The lowest BCUT2D eigenvalue weighted by Gasteiger charge is -2.14. The number of ether oxygens (including phenoxy) is 2. The number of furan rings is 1. The van der Waals surface area contributed by atoms with Crippen molar-refractivity contribution < 1.29 is 13.9 Å². The summed E-state index contributed by atoms with van der Waals surface area (Å²) in [6, 6.07) is 9.28. The third kappa shape index (κ3) is 9.01. The van der Waals surface area contributed by atoms with Gasteiger partial charge in [0.1, 0.15) is 5.76 Å². The van der Waals surface area contributed by atoms with Gasteiger partial charge in [0.15, 0.2) is 5.96 Å². The molecule has 0 radical (unpaired) electrons. The van der Waals surface area contributed by atoms with Crippen molar-refractivity contribution in [3.05, 3.63) is 58.0 Å². The number of halogens is 3. The maximum atomic E-state index is 6.17. The highest BCUT2D eigenvalue weighted by Crippen LogP contribution is 2.21. The zero-order valence-corrected chi connectivity index (χ0v) is 20.6. The van der Waals surface area contributed by atoms with Crippen molar-refractivity contribution in [1.82, 2.24) is 10.6 Å². The number of nitrogens with zero attached hydrogens (tertiary/aromatic N) is 1. The summed E-state index contributed by atoms with van der Waals surface area (Å²) in [5.41, 5.74) is 0.919. The van der Waals surface area contributed by atoms with Gasteiger partial charge < -0.3 is 24.5 Å². The summed E-state index contributed by atoms with van der Waals surface area (Å²) >= 11 is 12.1. The highest BCUT2D eigenvalue weighted by molar-refractivity contribution is 14.0. The van der Waals surface area contributed by atoms with Crippen LogP contribution in [0.1, 0.15) is 17.7 Å². The van der Waals surface area contributed by atoms with Crippen LogP contribution in [-0.4, -0.2) is 45.4 Å². The lowest BCUT2D eigenvalue weighted by molar-refractivity contribution is 0.125. The molecule has 1 aromatic carbocycles. The largest absolute Gasteiger partial charge is 0.469 e. The van der Waals surface area contributed by atoms with Crippen LogP contribution in [0, 0.1) is 5.92 Å². The van der Waals surface area contributed by atoms with Gasteiger partial charge in [0, 0.05) is 48.6 Å². The zero-order chi connectivity index (χ0) is 20.3. The fraction of sp³-hybridized carbons (Fsp3) is 0.476. The predicted octanol–water partition coefficient (Wildman–Crippen LogP) is 4.54. The Morgan fingerprint density at radius 3 is 2.80 bits per heavy atom. The molecular weight excluding hydrogens is 540 g/mol. The second-order valence-electron chi connectivity index (χ2n) is 6.89. The first-order chi connectivity index (χ1) is 14.2. The Hall–Kier alpha value is -1.000. The van der Waals surface area contributed by atoms with Gasteiger partial charge in [0.2, 0.25) is 0 Å². The highest BCUT2D eigenvalue weighted by Gasteiger charge is 2.15. The average Bonchev–Trinajstić information content (AvgIpc) is 3.41. The molecule has 9 heteroatoms. The Bertz CT molecular complexity index is 769. The molecule has 166 valence electrons. The number of guanidine groups is 1. The molecule has 1 unspecified atom stereocenters. The van der Waals surface area contributed by atoms with E-state index in [0.717, 1.165) is 56.4 Å². The number of benzene rings is 1. The van der Waals surface area contributed by atoms with E-state index >= 15 is 0 Å². The van der Waals surface area contributed by atoms with E-state index in [9.17, 15) is 0 Å². The van der Waals surface area contributed by atoms with Crippen LogP contribution in [0.25, 0.3) is 0 Å². The molecule has 1 aliphatic heterocycles. The van der Waals surface area contributed by atoms with Gasteiger partial charge in [-0.15, -0.1) is 24.0 Å². The van der Waals surface area contributed by atoms with E-state index in [1.807, 2.05) is 24.3 Å². The molecule has 0 bridgehead atoms. The van der Waals surface area contributed by atoms with Crippen LogP contribution >= 0.6 is 47.2 Å². The van der Waals surface area contributed by atoms with Crippen molar-refractivity contribution in [1.29, 1.82) is 0 Å². The Morgan fingerprint density at radius 2 is 2.07 bits per heavy atom. The maximum absolute atomic E-state index is 6.17. The van der Waals surface area contributed by atoms with E-state index in [4.69, 9.17) is 42.1 Å². The second kappa shape index (κ2) is 14.1. The zero-order valence-electron chi connectivity index (χ0n) is 16.7. The number of rotatable bonds is 10.